The molecule has 1 rings (SSSR count). The Morgan fingerprint density at radius 3 is 2.60 bits per heavy atom. The molecule has 0 aromatic rings. The number of methoxy groups -OCH3 is 1. The van der Waals surface area contributed by atoms with E-state index >= 15 is 0 Å². The van der Waals surface area contributed by atoms with Gasteiger partial charge in [-0.3, -0.25) is 4.79 Å². The molecule has 4 heteroatoms. The molecule has 1 unspecified atom stereocenters. The summed E-state index contributed by atoms with van der Waals surface area (Å²) in [6.45, 7) is 5.69. The van der Waals surface area contributed by atoms with Gasteiger partial charge in [0.05, 0.1) is 7.11 Å². The van der Waals surface area contributed by atoms with Crippen LogP contribution in [0.1, 0.15) is 52.9 Å². The highest BCUT2D eigenvalue weighted by Gasteiger charge is 2.47. The first-order valence-corrected chi connectivity index (χ1v) is 7.19. The van der Waals surface area contributed by atoms with Crippen molar-refractivity contribution >= 4 is 11.8 Å². The van der Waals surface area contributed by atoms with Gasteiger partial charge in [0.2, 0.25) is 0 Å². The van der Waals surface area contributed by atoms with Crippen molar-refractivity contribution in [2.75, 3.05) is 7.11 Å². The second kappa shape index (κ2) is 7.27. The number of rotatable bonds is 8. The number of unbranched alkanes of at least 4 members (excludes halogenated alkanes) is 3. The molecule has 0 bridgehead atoms. The average molecular weight is 280 g/mol. The third-order valence-corrected chi connectivity index (χ3v) is 3.51. The smallest absolute Gasteiger partial charge is 0.346 e. The highest BCUT2D eigenvalue weighted by Crippen LogP contribution is 2.37. The summed E-state index contributed by atoms with van der Waals surface area (Å²) in [6.07, 6.45) is 7.96. The molecule has 1 atom stereocenters. The van der Waals surface area contributed by atoms with E-state index in [1.165, 1.54) is 13.2 Å². The first kappa shape index (κ1) is 16.5. The van der Waals surface area contributed by atoms with Gasteiger partial charge in [0.15, 0.2) is 17.1 Å². The van der Waals surface area contributed by atoms with Crippen molar-refractivity contribution in [3.8, 4) is 0 Å². The van der Waals surface area contributed by atoms with Crippen LogP contribution in [0.15, 0.2) is 23.5 Å². The van der Waals surface area contributed by atoms with Gasteiger partial charge in [0, 0.05) is 0 Å². The van der Waals surface area contributed by atoms with Crippen LogP contribution < -0.4 is 0 Å². The summed E-state index contributed by atoms with van der Waals surface area (Å²) in [6, 6.07) is 0. The number of hydrogen-bond donors (Lipinski definition) is 0. The molecule has 0 aromatic carbocycles. The van der Waals surface area contributed by atoms with E-state index in [2.05, 4.69) is 6.92 Å². The fraction of sp³-hybridized carbons (Fsp3) is 0.625. The van der Waals surface area contributed by atoms with Crippen LogP contribution >= 0.6 is 0 Å². The number of ketones is 1. The predicted molar refractivity (Wildman–Crippen MR) is 77.1 cm³/mol. The lowest BCUT2D eigenvalue weighted by atomic mass is 9.94. The normalized spacial score (nSPS) is 22.5. The average Bonchev–Trinajstić information content (AvgIpc) is 2.66. The maximum absolute atomic E-state index is 12.0. The highest BCUT2D eigenvalue weighted by atomic mass is 16.6. The van der Waals surface area contributed by atoms with Crippen LogP contribution in [0.5, 0.6) is 0 Å². The first-order chi connectivity index (χ1) is 9.50. The second-order valence-electron chi connectivity index (χ2n) is 5.20. The monoisotopic (exact) mass is 280 g/mol. The zero-order valence-corrected chi connectivity index (χ0v) is 12.8. The van der Waals surface area contributed by atoms with Gasteiger partial charge in [-0.05, 0) is 32.8 Å². The molecule has 1 heterocycles. The molecular formula is C16H24O4. The van der Waals surface area contributed by atoms with Crippen LogP contribution in [-0.2, 0) is 19.1 Å². The van der Waals surface area contributed by atoms with Crippen molar-refractivity contribution in [1.29, 1.82) is 0 Å². The molecule has 0 aliphatic carbocycles. The van der Waals surface area contributed by atoms with Crippen LogP contribution in [0.2, 0.25) is 0 Å². The Balaban J connectivity index is 2.93. The minimum absolute atomic E-state index is 0.0311. The van der Waals surface area contributed by atoms with E-state index in [0.29, 0.717) is 12.2 Å². The van der Waals surface area contributed by atoms with Crippen molar-refractivity contribution in [2.45, 2.75) is 58.5 Å². The minimum atomic E-state index is -0.813. The lowest BCUT2D eigenvalue weighted by molar-refractivity contribution is -0.148. The fourth-order valence-corrected chi connectivity index (χ4v) is 2.48. The Morgan fingerprint density at radius 1 is 1.35 bits per heavy atom. The molecule has 0 radical (unpaired) electrons. The number of hydrogen-bond acceptors (Lipinski definition) is 4. The zero-order valence-electron chi connectivity index (χ0n) is 12.8. The Kier molecular flexibility index (Phi) is 5.99. The molecule has 112 valence electrons. The molecule has 0 amide bonds. The van der Waals surface area contributed by atoms with Crippen LogP contribution in [0.3, 0.4) is 0 Å². The Labute approximate surface area is 120 Å². The number of allylic oxidation sites excluding steroid dienone is 2. The van der Waals surface area contributed by atoms with E-state index in [1.807, 2.05) is 6.92 Å². The van der Waals surface area contributed by atoms with Gasteiger partial charge < -0.3 is 9.47 Å². The third-order valence-electron chi connectivity index (χ3n) is 3.51. The van der Waals surface area contributed by atoms with Gasteiger partial charge in [-0.2, -0.15) is 0 Å². The van der Waals surface area contributed by atoms with Gasteiger partial charge in [0.1, 0.15) is 5.57 Å². The third kappa shape index (κ3) is 3.50. The van der Waals surface area contributed by atoms with Gasteiger partial charge in [-0.1, -0.05) is 32.3 Å². The Bertz CT molecular complexity index is 434. The molecule has 20 heavy (non-hydrogen) atoms. The minimum Gasteiger partial charge on any atom is -0.496 e. The van der Waals surface area contributed by atoms with E-state index in [4.69, 9.17) is 9.47 Å². The van der Waals surface area contributed by atoms with E-state index in [1.54, 1.807) is 13.0 Å². The summed E-state index contributed by atoms with van der Waals surface area (Å²) < 4.78 is 10.7. The molecule has 0 saturated heterocycles. The standard InChI is InChI=1S/C16H24O4/c1-5-7-8-9-11-16(3)14(19-4)13(15(18)20-16)12(17)10-6-2/h6,10H,5,7-9,11H2,1-4H3. The molecular weight excluding hydrogens is 256 g/mol. The molecule has 0 spiro atoms. The van der Waals surface area contributed by atoms with E-state index in [9.17, 15) is 9.59 Å². The maximum atomic E-state index is 12.0. The number of carbonyl (C=O) groups excluding carboxylic acids is 2. The first-order valence-electron chi connectivity index (χ1n) is 7.19. The quantitative estimate of drug-likeness (QED) is 0.296. The van der Waals surface area contributed by atoms with Crippen LogP contribution in [0, 0.1) is 0 Å². The molecule has 1 aliphatic rings. The SMILES string of the molecule is CC=CC(=O)C1=C(OC)C(C)(CCCCCC)OC1=O. The highest BCUT2D eigenvalue weighted by molar-refractivity contribution is 6.23. The Hall–Kier alpha value is -1.58. The summed E-state index contributed by atoms with van der Waals surface area (Å²) in [5, 5.41) is 0. The number of esters is 1. The van der Waals surface area contributed by atoms with Crippen LogP contribution in [-0.4, -0.2) is 24.5 Å². The largest absolute Gasteiger partial charge is 0.496 e. The van der Waals surface area contributed by atoms with E-state index < -0.39 is 11.6 Å². The molecule has 0 aromatic heterocycles. The van der Waals surface area contributed by atoms with Crippen molar-refractivity contribution in [1.82, 2.24) is 0 Å². The Morgan fingerprint density at radius 2 is 2.05 bits per heavy atom. The molecule has 1 aliphatic heterocycles. The fourth-order valence-electron chi connectivity index (χ4n) is 2.48. The second-order valence-corrected chi connectivity index (χ2v) is 5.20. The van der Waals surface area contributed by atoms with E-state index in [0.717, 1.165) is 25.7 Å². The summed E-state index contributed by atoms with van der Waals surface area (Å²) in [5.74, 6) is -0.573. The van der Waals surface area contributed by atoms with Gasteiger partial charge in [0.25, 0.3) is 0 Å². The van der Waals surface area contributed by atoms with E-state index in [-0.39, 0.29) is 11.4 Å². The van der Waals surface area contributed by atoms with Crippen molar-refractivity contribution < 1.29 is 19.1 Å². The topological polar surface area (TPSA) is 52.6 Å². The molecule has 4 nitrogen and oxygen atoms in total. The van der Waals surface area contributed by atoms with Crippen molar-refractivity contribution in [3.05, 3.63) is 23.5 Å². The molecule has 0 N–H and O–H groups in total. The van der Waals surface area contributed by atoms with Crippen molar-refractivity contribution in [3.63, 3.8) is 0 Å². The molecule has 0 saturated carbocycles. The van der Waals surface area contributed by atoms with Gasteiger partial charge in [-0.15, -0.1) is 0 Å². The lowest BCUT2D eigenvalue weighted by Crippen LogP contribution is -2.28. The summed E-state index contributed by atoms with van der Waals surface area (Å²) in [7, 11) is 1.48. The number of carbonyl (C=O) groups is 2. The zero-order chi connectivity index (χ0) is 15.2. The van der Waals surface area contributed by atoms with Crippen LogP contribution in [0.4, 0.5) is 0 Å². The predicted octanol–water partition coefficient (Wildman–Crippen LogP) is 3.32. The van der Waals surface area contributed by atoms with Crippen LogP contribution in [0.25, 0.3) is 0 Å². The summed E-state index contributed by atoms with van der Waals surface area (Å²) >= 11 is 0. The summed E-state index contributed by atoms with van der Waals surface area (Å²) in [4.78, 5) is 23.9. The van der Waals surface area contributed by atoms with Crippen molar-refractivity contribution in [2.24, 2.45) is 0 Å². The maximum Gasteiger partial charge on any atom is 0.346 e. The number of ether oxygens (including phenoxy) is 2. The summed E-state index contributed by atoms with van der Waals surface area (Å²) in [5.41, 5.74) is -0.782. The van der Waals surface area contributed by atoms with Gasteiger partial charge >= 0.3 is 5.97 Å². The molecule has 0 fully saturated rings. The lowest BCUT2D eigenvalue weighted by Gasteiger charge is -2.25. The number of cyclic esters (lactones) is 1. The van der Waals surface area contributed by atoms with Gasteiger partial charge in [-0.25, -0.2) is 4.79 Å².